The van der Waals surface area contributed by atoms with Crippen LogP contribution in [0, 0.1) is 13.8 Å². The minimum Gasteiger partial charge on any atom is -0.435 e. The molecule has 114 valence electrons. The topological polar surface area (TPSA) is 60.2 Å². The third-order valence-corrected chi connectivity index (χ3v) is 3.46. The lowest BCUT2D eigenvalue weighted by Crippen LogP contribution is -2.14. The molecule has 0 bridgehead atoms. The minimum atomic E-state index is -0.109. The zero-order valence-corrected chi connectivity index (χ0v) is 13.6. The summed E-state index contributed by atoms with van der Waals surface area (Å²) in [6, 6.07) is 3.68. The van der Waals surface area contributed by atoms with E-state index in [-0.39, 0.29) is 12.0 Å². The highest BCUT2D eigenvalue weighted by Gasteiger charge is 2.19. The Labute approximate surface area is 125 Å². The van der Waals surface area contributed by atoms with Gasteiger partial charge in [0.2, 0.25) is 5.88 Å². The largest absolute Gasteiger partial charge is 0.435 e. The van der Waals surface area contributed by atoms with Crippen LogP contribution in [0.15, 0.2) is 12.1 Å². The van der Waals surface area contributed by atoms with Gasteiger partial charge in [-0.3, -0.25) is 4.68 Å². The third kappa shape index (κ3) is 3.24. The number of nitrogens with zero attached hydrogens (tertiary/aromatic N) is 3. The molecule has 0 radical (unpaired) electrons. The number of aryl methyl sites for hydroxylation is 2. The van der Waals surface area contributed by atoms with Crippen LogP contribution in [-0.2, 0) is 19.1 Å². The van der Waals surface area contributed by atoms with Crippen molar-refractivity contribution in [1.82, 2.24) is 14.8 Å². The molecule has 2 aromatic heterocycles. The van der Waals surface area contributed by atoms with E-state index in [0.29, 0.717) is 5.88 Å². The Bertz CT molecular complexity index is 654. The average Bonchev–Trinajstić information content (AvgIpc) is 2.64. The highest BCUT2D eigenvalue weighted by atomic mass is 16.5. The molecular formula is C16H23N3O2. The Morgan fingerprint density at radius 1 is 1.24 bits per heavy atom. The summed E-state index contributed by atoms with van der Waals surface area (Å²) in [7, 11) is 1.88. The van der Waals surface area contributed by atoms with Gasteiger partial charge in [-0.15, -0.1) is 0 Å². The van der Waals surface area contributed by atoms with E-state index in [1.165, 1.54) is 0 Å². The third-order valence-electron chi connectivity index (χ3n) is 3.46. The first-order valence-corrected chi connectivity index (χ1v) is 7.02. The van der Waals surface area contributed by atoms with Crippen molar-refractivity contribution in [1.29, 1.82) is 0 Å². The smallest absolute Gasteiger partial charge is 0.220 e. The lowest BCUT2D eigenvalue weighted by molar-refractivity contribution is 0.280. The molecule has 0 aliphatic rings. The molecule has 0 saturated heterocycles. The van der Waals surface area contributed by atoms with E-state index in [2.05, 4.69) is 30.9 Å². The average molecular weight is 289 g/mol. The van der Waals surface area contributed by atoms with Crippen LogP contribution >= 0.6 is 0 Å². The first kappa shape index (κ1) is 15.5. The summed E-state index contributed by atoms with van der Waals surface area (Å²) in [5, 5.41) is 13.8. The molecule has 2 aromatic rings. The molecule has 2 rings (SSSR count). The lowest BCUT2D eigenvalue weighted by atomic mass is 9.91. The molecule has 0 saturated carbocycles. The van der Waals surface area contributed by atoms with Crippen LogP contribution in [0.3, 0.4) is 0 Å². The van der Waals surface area contributed by atoms with Crippen molar-refractivity contribution in [3.05, 3.63) is 34.8 Å². The van der Waals surface area contributed by atoms with Gasteiger partial charge in [-0.2, -0.15) is 5.10 Å². The van der Waals surface area contributed by atoms with E-state index >= 15 is 0 Å². The number of rotatable bonds is 3. The molecule has 0 spiro atoms. The van der Waals surface area contributed by atoms with Crippen LogP contribution in [0.2, 0.25) is 0 Å². The molecule has 0 atom stereocenters. The Kier molecular flexibility index (Phi) is 4.05. The summed E-state index contributed by atoms with van der Waals surface area (Å²) in [6.07, 6.45) is 0. The van der Waals surface area contributed by atoms with Gasteiger partial charge in [0.05, 0.1) is 18.0 Å². The van der Waals surface area contributed by atoms with Crippen molar-refractivity contribution in [2.45, 2.75) is 46.6 Å². The number of pyridine rings is 1. The van der Waals surface area contributed by atoms with Gasteiger partial charge < -0.3 is 9.84 Å². The van der Waals surface area contributed by atoms with Gasteiger partial charge >= 0.3 is 0 Å². The van der Waals surface area contributed by atoms with Crippen molar-refractivity contribution >= 4 is 0 Å². The van der Waals surface area contributed by atoms with Crippen LogP contribution in [-0.4, -0.2) is 19.9 Å². The van der Waals surface area contributed by atoms with E-state index in [1.54, 1.807) is 10.7 Å². The van der Waals surface area contributed by atoms with Crippen molar-refractivity contribution in [3.8, 4) is 11.6 Å². The van der Waals surface area contributed by atoms with E-state index in [9.17, 15) is 5.11 Å². The molecule has 2 heterocycles. The van der Waals surface area contributed by atoms with E-state index in [4.69, 9.17) is 4.74 Å². The van der Waals surface area contributed by atoms with Crippen molar-refractivity contribution in [3.63, 3.8) is 0 Å². The molecule has 21 heavy (non-hydrogen) atoms. The highest BCUT2D eigenvalue weighted by Crippen LogP contribution is 2.30. The summed E-state index contributed by atoms with van der Waals surface area (Å²) in [6.45, 7) is 10.1. The second-order valence-corrected chi connectivity index (χ2v) is 6.33. The maximum absolute atomic E-state index is 9.43. The maximum Gasteiger partial charge on any atom is 0.220 e. The number of aromatic nitrogens is 3. The Morgan fingerprint density at radius 3 is 2.38 bits per heavy atom. The van der Waals surface area contributed by atoms with Crippen LogP contribution in [0.5, 0.6) is 11.6 Å². The first-order chi connectivity index (χ1) is 9.72. The van der Waals surface area contributed by atoms with E-state index < -0.39 is 0 Å². The Morgan fingerprint density at radius 2 is 1.90 bits per heavy atom. The van der Waals surface area contributed by atoms with Gasteiger partial charge in [0, 0.05) is 18.5 Å². The summed E-state index contributed by atoms with van der Waals surface area (Å²) >= 11 is 0. The van der Waals surface area contributed by atoms with Crippen LogP contribution in [0.25, 0.3) is 0 Å². The normalized spacial score (nSPS) is 11.8. The van der Waals surface area contributed by atoms with Gasteiger partial charge in [-0.1, -0.05) is 20.8 Å². The fourth-order valence-corrected chi connectivity index (χ4v) is 2.09. The van der Waals surface area contributed by atoms with E-state index in [1.807, 2.05) is 27.0 Å². The summed E-state index contributed by atoms with van der Waals surface area (Å²) in [4.78, 5) is 4.57. The van der Waals surface area contributed by atoms with Crippen molar-refractivity contribution < 1.29 is 9.84 Å². The van der Waals surface area contributed by atoms with Gasteiger partial charge in [-0.05, 0) is 25.5 Å². The molecule has 0 aliphatic carbocycles. The first-order valence-electron chi connectivity index (χ1n) is 7.02. The van der Waals surface area contributed by atoms with Gasteiger partial charge in [0.25, 0.3) is 0 Å². The molecule has 0 aromatic carbocycles. The second-order valence-electron chi connectivity index (χ2n) is 6.33. The predicted molar refractivity (Wildman–Crippen MR) is 81.6 cm³/mol. The molecule has 5 nitrogen and oxygen atoms in total. The number of hydrogen-bond acceptors (Lipinski definition) is 4. The lowest BCUT2D eigenvalue weighted by Gasteiger charge is -2.19. The Balaban J connectivity index is 2.44. The number of aliphatic hydroxyl groups excluding tert-OH is 1. The van der Waals surface area contributed by atoms with Crippen LogP contribution in [0.1, 0.15) is 43.4 Å². The standard InChI is InChI=1S/C16H23N3O2/c1-10-15(11(2)19(6)18-10)21-14-8-12(9-20)7-13(17-14)16(3,4)5/h7-8,20H,9H2,1-6H3. The van der Waals surface area contributed by atoms with Crippen molar-refractivity contribution in [2.24, 2.45) is 7.05 Å². The maximum atomic E-state index is 9.43. The zero-order valence-electron chi connectivity index (χ0n) is 13.6. The summed E-state index contributed by atoms with van der Waals surface area (Å²) < 4.78 is 7.72. The summed E-state index contributed by atoms with van der Waals surface area (Å²) in [5.74, 6) is 1.21. The molecule has 0 amide bonds. The molecule has 1 N–H and O–H groups in total. The second kappa shape index (κ2) is 5.48. The van der Waals surface area contributed by atoms with Crippen LogP contribution in [0.4, 0.5) is 0 Å². The van der Waals surface area contributed by atoms with Gasteiger partial charge in [0.15, 0.2) is 5.75 Å². The number of hydrogen-bond donors (Lipinski definition) is 1. The SMILES string of the molecule is Cc1nn(C)c(C)c1Oc1cc(CO)cc(C(C)(C)C)n1. The molecule has 0 fully saturated rings. The fraction of sp³-hybridized carbons (Fsp3) is 0.500. The van der Waals surface area contributed by atoms with Crippen LogP contribution < -0.4 is 4.74 Å². The Hall–Kier alpha value is -1.88. The number of ether oxygens (including phenoxy) is 1. The monoisotopic (exact) mass is 289 g/mol. The van der Waals surface area contributed by atoms with Gasteiger partial charge in [0.1, 0.15) is 5.69 Å². The van der Waals surface area contributed by atoms with E-state index in [0.717, 1.165) is 28.4 Å². The molecule has 5 heteroatoms. The van der Waals surface area contributed by atoms with Gasteiger partial charge in [-0.25, -0.2) is 4.98 Å². The molecular weight excluding hydrogens is 266 g/mol. The number of aliphatic hydroxyl groups is 1. The quantitative estimate of drug-likeness (QED) is 0.943. The zero-order chi connectivity index (χ0) is 15.8. The molecule has 0 aliphatic heterocycles. The predicted octanol–water partition coefficient (Wildman–Crippen LogP) is 3.01. The van der Waals surface area contributed by atoms with Crippen molar-refractivity contribution in [2.75, 3.05) is 0 Å². The minimum absolute atomic E-state index is 0.0348. The highest BCUT2D eigenvalue weighted by molar-refractivity contribution is 5.37. The summed E-state index contributed by atoms with van der Waals surface area (Å²) in [5.41, 5.74) is 3.35. The fourth-order valence-electron chi connectivity index (χ4n) is 2.09. The molecule has 0 unspecified atom stereocenters.